The Bertz CT molecular complexity index is 535. The van der Waals surface area contributed by atoms with Gasteiger partial charge in [0.2, 0.25) is 0 Å². The number of allylic oxidation sites excluding steroid dienone is 4. The van der Waals surface area contributed by atoms with Crippen LogP contribution in [0.5, 0.6) is 0 Å². The predicted octanol–water partition coefficient (Wildman–Crippen LogP) is 5.36. The summed E-state index contributed by atoms with van der Waals surface area (Å²) in [6.45, 7) is 6.57. The second kappa shape index (κ2) is 4.67. The average Bonchev–Trinajstić information content (AvgIpc) is 3.11. The third-order valence-electron chi connectivity index (χ3n) is 4.75. The molecule has 1 aromatic carbocycles. The first-order chi connectivity index (χ1) is 9.29. The van der Waals surface area contributed by atoms with Crippen LogP contribution in [0.3, 0.4) is 0 Å². The lowest BCUT2D eigenvalue weighted by Crippen LogP contribution is -2.10. The van der Waals surface area contributed by atoms with Crippen molar-refractivity contribution in [2.24, 2.45) is 5.92 Å². The van der Waals surface area contributed by atoms with Crippen LogP contribution < -0.4 is 0 Å². The van der Waals surface area contributed by atoms with Crippen molar-refractivity contribution >= 4 is 0 Å². The van der Waals surface area contributed by atoms with Crippen molar-refractivity contribution < 1.29 is 0 Å². The third kappa shape index (κ3) is 1.65. The Labute approximate surface area is 117 Å². The van der Waals surface area contributed by atoms with Crippen LogP contribution in [0.25, 0.3) is 0 Å². The largest absolute Gasteiger partial charge is 0.0802 e. The molecule has 0 radical (unpaired) electrons. The molecule has 0 amide bonds. The average molecular weight is 252 g/mol. The second-order valence-corrected chi connectivity index (χ2v) is 6.04. The molecule has 4 rings (SSSR count). The van der Waals surface area contributed by atoms with Crippen molar-refractivity contribution in [2.45, 2.75) is 51.4 Å². The minimum absolute atomic E-state index is 0.437. The van der Waals surface area contributed by atoms with Crippen molar-refractivity contribution in [1.29, 1.82) is 0 Å². The quantitative estimate of drug-likeness (QED) is 0.631. The van der Waals surface area contributed by atoms with Gasteiger partial charge >= 0.3 is 0 Å². The Morgan fingerprint density at radius 1 is 1.16 bits per heavy atom. The zero-order valence-corrected chi connectivity index (χ0v) is 12.3. The molecule has 1 spiro atoms. The number of hydrogen-bond donors (Lipinski definition) is 0. The Hall–Kier alpha value is -1.30. The topological polar surface area (TPSA) is 0 Å². The molecule has 1 saturated carbocycles. The van der Waals surface area contributed by atoms with E-state index in [1.54, 1.807) is 16.7 Å². The molecule has 1 fully saturated rings. The van der Waals surface area contributed by atoms with Crippen LogP contribution in [-0.2, 0) is 5.41 Å². The maximum atomic E-state index is 2.40. The molecular formula is C19H24. The molecule has 0 aromatic heterocycles. The third-order valence-corrected chi connectivity index (χ3v) is 4.75. The van der Waals surface area contributed by atoms with E-state index in [-0.39, 0.29) is 0 Å². The summed E-state index contributed by atoms with van der Waals surface area (Å²) in [7, 11) is 0. The summed E-state index contributed by atoms with van der Waals surface area (Å²) in [5.74, 6) is 1.48. The van der Waals surface area contributed by atoms with E-state index in [2.05, 4.69) is 63.3 Å². The lowest BCUT2D eigenvalue weighted by Gasteiger charge is -2.18. The van der Waals surface area contributed by atoms with E-state index in [1.807, 2.05) is 0 Å². The zero-order chi connectivity index (χ0) is 13.5. The molecule has 3 aliphatic carbocycles. The monoisotopic (exact) mass is 252 g/mol. The van der Waals surface area contributed by atoms with Crippen LogP contribution >= 0.6 is 0 Å². The fourth-order valence-corrected chi connectivity index (χ4v) is 4.00. The van der Waals surface area contributed by atoms with Gasteiger partial charge in [0.25, 0.3) is 0 Å². The highest BCUT2D eigenvalue weighted by atomic mass is 14.6. The van der Waals surface area contributed by atoms with Crippen molar-refractivity contribution in [3.63, 3.8) is 0 Å². The minimum Gasteiger partial charge on any atom is -0.0802 e. The fraction of sp³-hybridized carbons (Fsp3) is 0.474. The van der Waals surface area contributed by atoms with E-state index >= 15 is 0 Å². The molecule has 0 saturated heterocycles. The van der Waals surface area contributed by atoms with Crippen molar-refractivity contribution in [3.05, 3.63) is 59.2 Å². The van der Waals surface area contributed by atoms with Gasteiger partial charge in [-0.15, -0.1) is 0 Å². The first-order valence-corrected chi connectivity index (χ1v) is 7.77. The first kappa shape index (κ1) is 12.7. The molecule has 0 heterocycles. The normalized spacial score (nSPS) is 32.5. The first-order valence-electron chi connectivity index (χ1n) is 7.77. The van der Waals surface area contributed by atoms with E-state index in [4.69, 9.17) is 0 Å². The maximum absolute atomic E-state index is 2.40. The van der Waals surface area contributed by atoms with Gasteiger partial charge in [-0.2, -0.15) is 0 Å². The summed E-state index contributed by atoms with van der Waals surface area (Å²) in [5.41, 5.74) is 5.36. The van der Waals surface area contributed by atoms with E-state index in [0.29, 0.717) is 11.3 Å². The lowest BCUT2D eigenvalue weighted by molar-refractivity contribution is 0.701. The highest BCUT2D eigenvalue weighted by Crippen LogP contribution is 2.69. The summed E-state index contributed by atoms with van der Waals surface area (Å²) in [4.78, 5) is 0. The zero-order valence-electron chi connectivity index (χ0n) is 12.3. The van der Waals surface area contributed by atoms with Gasteiger partial charge in [0.15, 0.2) is 0 Å². The standard InChI is InChI=1S/C16H16.C3H8/c1-2-12-13-7-3-4-8-15(13)16-10-11(16)6-5-9-14(12)16;1-3-2/h3-9,11-12H,2,10H2,1H3;3H2,1-2H3. The van der Waals surface area contributed by atoms with Gasteiger partial charge in [0.1, 0.15) is 0 Å². The highest BCUT2D eigenvalue weighted by molar-refractivity contribution is 5.63. The van der Waals surface area contributed by atoms with Crippen LogP contribution in [0, 0.1) is 5.92 Å². The molecule has 3 unspecified atom stereocenters. The fourth-order valence-electron chi connectivity index (χ4n) is 4.00. The van der Waals surface area contributed by atoms with Gasteiger partial charge < -0.3 is 0 Å². The molecule has 3 aliphatic rings. The summed E-state index contributed by atoms with van der Waals surface area (Å²) in [5, 5.41) is 0. The molecule has 1 aromatic rings. The summed E-state index contributed by atoms with van der Waals surface area (Å²) < 4.78 is 0. The number of rotatable bonds is 1. The van der Waals surface area contributed by atoms with Crippen LogP contribution in [0.4, 0.5) is 0 Å². The number of hydrogen-bond acceptors (Lipinski definition) is 0. The molecule has 19 heavy (non-hydrogen) atoms. The molecule has 0 aliphatic heterocycles. The number of fused-ring (bicyclic) bond motifs is 1. The van der Waals surface area contributed by atoms with Crippen LogP contribution in [0.1, 0.15) is 57.1 Å². The smallest absolute Gasteiger partial charge is 0.0243 e. The SMILES string of the molecule is CCC.CCC1C2=CC=CC3CC23c2ccccc21. The van der Waals surface area contributed by atoms with E-state index in [1.165, 1.54) is 19.3 Å². The maximum Gasteiger partial charge on any atom is 0.0243 e. The summed E-state index contributed by atoms with van der Waals surface area (Å²) in [6, 6.07) is 9.10. The predicted molar refractivity (Wildman–Crippen MR) is 82.4 cm³/mol. The van der Waals surface area contributed by atoms with Gasteiger partial charge in [-0.25, -0.2) is 0 Å². The van der Waals surface area contributed by atoms with Crippen molar-refractivity contribution in [1.82, 2.24) is 0 Å². The molecule has 100 valence electrons. The van der Waals surface area contributed by atoms with E-state index in [0.717, 1.165) is 5.92 Å². The van der Waals surface area contributed by atoms with E-state index < -0.39 is 0 Å². The molecule has 0 N–H and O–H groups in total. The van der Waals surface area contributed by atoms with Gasteiger partial charge in [-0.1, -0.05) is 75.3 Å². The molecule has 0 bridgehead atoms. The van der Waals surface area contributed by atoms with Crippen LogP contribution in [-0.4, -0.2) is 0 Å². The Kier molecular flexibility index (Phi) is 3.12. The summed E-state index contributed by atoms with van der Waals surface area (Å²) in [6.07, 6.45) is 10.9. The molecule has 3 atom stereocenters. The van der Waals surface area contributed by atoms with Crippen LogP contribution in [0.15, 0.2) is 48.1 Å². The second-order valence-electron chi connectivity index (χ2n) is 6.04. The molecule has 0 heteroatoms. The van der Waals surface area contributed by atoms with Gasteiger partial charge in [-0.3, -0.25) is 0 Å². The lowest BCUT2D eigenvalue weighted by atomic mass is 9.85. The molecular weight excluding hydrogens is 228 g/mol. The Morgan fingerprint density at radius 3 is 2.63 bits per heavy atom. The van der Waals surface area contributed by atoms with Gasteiger partial charge in [-0.05, 0) is 29.9 Å². The van der Waals surface area contributed by atoms with Crippen molar-refractivity contribution in [2.75, 3.05) is 0 Å². The van der Waals surface area contributed by atoms with E-state index in [9.17, 15) is 0 Å². The van der Waals surface area contributed by atoms with Crippen LogP contribution in [0.2, 0.25) is 0 Å². The van der Waals surface area contributed by atoms with Gasteiger partial charge in [0, 0.05) is 11.3 Å². The number of benzene rings is 1. The Balaban J connectivity index is 0.000000339. The van der Waals surface area contributed by atoms with Gasteiger partial charge in [0.05, 0.1) is 0 Å². The molecule has 0 nitrogen and oxygen atoms in total. The Morgan fingerprint density at radius 2 is 1.89 bits per heavy atom. The van der Waals surface area contributed by atoms with Crippen molar-refractivity contribution in [3.8, 4) is 0 Å². The minimum atomic E-state index is 0.437. The summed E-state index contributed by atoms with van der Waals surface area (Å²) >= 11 is 0. The highest BCUT2D eigenvalue weighted by Gasteiger charge is 2.62.